The van der Waals surface area contributed by atoms with E-state index >= 15 is 0 Å². The summed E-state index contributed by atoms with van der Waals surface area (Å²) in [5, 5.41) is 10.6. The Hall–Kier alpha value is -1.94. The van der Waals surface area contributed by atoms with Crippen molar-refractivity contribution in [2.75, 3.05) is 39.6 Å². The highest BCUT2D eigenvalue weighted by Crippen LogP contribution is 2.45. The summed E-state index contributed by atoms with van der Waals surface area (Å²) in [7, 11) is -9.91. The van der Waals surface area contributed by atoms with E-state index in [-0.39, 0.29) is 25.7 Å². The van der Waals surface area contributed by atoms with Gasteiger partial charge in [0.2, 0.25) is 0 Å². The van der Waals surface area contributed by atoms with E-state index in [9.17, 15) is 43.2 Å². The number of aliphatic hydroxyl groups excluding tert-OH is 1. The molecule has 0 spiro atoms. The van der Waals surface area contributed by atoms with Gasteiger partial charge < -0.3 is 33.8 Å². The van der Waals surface area contributed by atoms with Gasteiger partial charge in [-0.1, -0.05) is 319 Å². The first kappa shape index (κ1) is 91.1. The summed E-state index contributed by atoms with van der Waals surface area (Å²) in [6.07, 6.45) is 47.1. The molecule has 0 aliphatic heterocycles. The molecule has 0 bridgehead atoms. The van der Waals surface area contributed by atoms with Gasteiger partial charge in [-0.3, -0.25) is 37.3 Å². The van der Waals surface area contributed by atoms with Crippen LogP contribution < -0.4 is 0 Å². The van der Waals surface area contributed by atoms with Crippen molar-refractivity contribution in [3.63, 3.8) is 0 Å². The van der Waals surface area contributed by atoms with Gasteiger partial charge in [0.25, 0.3) is 0 Å². The Morgan fingerprint density at radius 1 is 0.301 bits per heavy atom. The monoisotopic (exact) mass is 1370 g/mol. The molecule has 17 nitrogen and oxygen atoms in total. The molecular formula is C74H144O17P2. The zero-order valence-electron chi connectivity index (χ0n) is 60.9. The summed E-state index contributed by atoms with van der Waals surface area (Å²) in [6, 6.07) is 0. The Bertz CT molecular complexity index is 1840. The minimum atomic E-state index is -4.96. The van der Waals surface area contributed by atoms with Gasteiger partial charge in [-0.05, 0) is 49.4 Å². The normalized spacial score (nSPS) is 14.5. The topological polar surface area (TPSA) is 237 Å². The van der Waals surface area contributed by atoms with Crippen LogP contribution in [0.25, 0.3) is 0 Å². The number of carbonyl (C=O) groups excluding carboxylic acids is 4. The third-order valence-corrected chi connectivity index (χ3v) is 19.3. The average Bonchev–Trinajstić information content (AvgIpc) is 2.70. The maximum atomic E-state index is 13.1. The van der Waals surface area contributed by atoms with Gasteiger partial charge in [0.1, 0.15) is 19.3 Å². The first-order valence-electron chi connectivity index (χ1n) is 38.2. The molecule has 0 saturated heterocycles. The van der Waals surface area contributed by atoms with Crippen LogP contribution in [0, 0.1) is 23.7 Å². The number of rotatable bonds is 71. The molecule has 0 aliphatic rings. The lowest BCUT2D eigenvalue weighted by molar-refractivity contribution is -0.161. The van der Waals surface area contributed by atoms with E-state index in [1.54, 1.807) is 0 Å². The number of phosphoric acid groups is 2. The van der Waals surface area contributed by atoms with Crippen molar-refractivity contribution in [1.29, 1.82) is 0 Å². The van der Waals surface area contributed by atoms with Crippen molar-refractivity contribution in [1.82, 2.24) is 0 Å². The molecule has 19 heteroatoms. The Labute approximate surface area is 568 Å². The highest BCUT2D eigenvalue weighted by atomic mass is 31.2. The summed E-state index contributed by atoms with van der Waals surface area (Å²) in [5.74, 6) is 0.943. The predicted octanol–water partition coefficient (Wildman–Crippen LogP) is 21.3. The van der Waals surface area contributed by atoms with Crippen LogP contribution >= 0.6 is 15.6 Å². The van der Waals surface area contributed by atoms with Crippen LogP contribution in [0.2, 0.25) is 0 Å². The molecule has 552 valence electrons. The number of phosphoric ester groups is 2. The predicted molar refractivity (Wildman–Crippen MR) is 377 cm³/mol. The standard InChI is InChI=1S/C74H144O17P2/c1-9-67(8)53-45-37-29-21-14-15-22-30-38-46-54-71(76)84-60-69(90-73(78)56-48-40-32-23-13-11-10-12-18-26-34-42-50-64(2)3)62-88-92(80,81)86-58-68(75)59-87-93(82,83)89-63-70(91-74(79)57-49-41-33-25-17-20-28-36-44-52-66(6)7)61-85-72(77)55-47-39-31-24-16-19-27-35-43-51-65(4)5/h64-70,75H,9-63H2,1-8H3,(H,80,81)(H,82,83)/t67?,68-,69-,70-/m1/s1. The van der Waals surface area contributed by atoms with Crippen molar-refractivity contribution < 1.29 is 80.2 Å². The number of hydrogen-bond donors (Lipinski definition) is 3. The Morgan fingerprint density at radius 3 is 0.763 bits per heavy atom. The van der Waals surface area contributed by atoms with Gasteiger partial charge in [-0.15, -0.1) is 0 Å². The molecule has 0 amide bonds. The largest absolute Gasteiger partial charge is 0.472 e. The summed E-state index contributed by atoms with van der Waals surface area (Å²) in [5.41, 5.74) is 0. The minimum absolute atomic E-state index is 0.104. The molecule has 3 N–H and O–H groups in total. The molecule has 0 heterocycles. The van der Waals surface area contributed by atoms with Crippen molar-refractivity contribution in [2.45, 2.75) is 388 Å². The fraction of sp³-hybridized carbons (Fsp3) is 0.946. The molecule has 0 aromatic rings. The Kier molecular flexibility index (Phi) is 62.2. The molecule has 0 rings (SSSR count). The van der Waals surface area contributed by atoms with Crippen molar-refractivity contribution in [2.24, 2.45) is 23.7 Å². The third kappa shape index (κ3) is 67.0. The molecule has 0 aliphatic carbocycles. The number of ether oxygens (including phenoxy) is 4. The van der Waals surface area contributed by atoms with Crippen LogP contribution in [0.15, 0.2) is 0 Å². The fourth-order valence-electron chi connectivity index (χ4n) is 11.2. The maximum absolute atomic E-state index is 13.1. The second-order valence-electron chi connectivity index (χ2n) is 28.4. The molecule has 0 saturated carbocycles. The maximum Gasteiger partial charge on any atom is 0.472 e. The highest BCUT2D eigenvalue weighted by Gasteiger charge is 2.30. The van der Waals surface area contributed by atoms with Gasteiger partial charge in [0, 0.05) is 25.7 Å². The van der Waals surface area contributed by atoms with Crippen LogP contribution in [0.3, 0.4) is 0 Å². The van der Waals surface area contributed by atoms with Crippen LogP contribution in [0.1, 0.15) is 370 Å². The van der Waals surface area contributed by atoms with E-state index in [0.717, 1.165) is 114 Å². The number of carbonyl (C=O) groups is 4. The van der Waals surface area contributed by atoms with Gasteiger partial charge in [-0.25, -0.2) is 9.13 Å². The lowest BCUT2D eigenvalue weighted by Gasteiger charge is -2.21. The highest BCUT2D eigenvalue weighted by molar-refractivity contribution is 7.47. The number of unbranched alkanes of at least 4 members (excludes halogenated alkanes) is 36. The first-order valence-corrected chi connectivity index (χ1v) is 41.2. The summed E-state index contributed by atoms with van der Waals surface area (Å²) in [6.45, 7) is 14.2. The summed E-state index contributed by atoms with van der Waals surface area (Å²) in [4.78, 5) is 72.8. The van der Waals surface area contributed by atoms with Gasteiger partial charge >= 0.3 is 39.5 Å². The molecular weight excluding hydrogens is 1220 g/mol. The van der Waals surface area contributed by atoms with Crippen LogP contribution in [0.5, 0.6) is 0 Å². The van der Waals surface area contributed by atoms with E-state index < -0.39 is 97.5 Å². The number of esters is 4. The van der Waals surface area contributed by atoms with Crippen molar-refractivity contribution >= 4 is 39.5 Å². The quantitative estimate of drug-likeness (QED) is 0.0222. The zero-order chi connectivity index (χ0) is 68.9. The fourth-order valence-corrected chi connectivity index (χ4v) is 12.7. The lowest BCUT2D eigenvalue weighted by Crippen LogP contribution is -2.30. The van der Waals surface area contributed by atoms with E-state index in [1.807, 2.05) is 0 Å². The smallest absolute Gasteiger partial charge is 0.462 e. The molecule has 0 aromatic carbocycles. The molecule has 6 atom stereocenters. The van der Waals surface area contributed by atoms with E-state index in [0.29, 0.717) is 25.7 Å². The third-order valence-electron chi connectivity index (χ3n) is 17.4. The molecule has 0 radical (unpaired) electrons. The molecule has 0 aromatic heterocycles. The van der Waals surface area contributed by atoms with Gasteiger partial charge in [0.05, 0.1) is 26.4 Å². The minimum Gasteiger partial charge on any atom is -0.462 e. The number of hydrogen-bond acceptors (Lipinski definition) is 15. The van der Waals surface area contributed by atoms with E-state index in [4.69, 9.17) is 37.0 Å². The van der Waals surface area contributed by atoms with E-state index in [2.05, 4.69) is 55.4 Å². The zero-order valence-corrected chi connectivity index (χ0v) is 62.7. The molecule has 0 fully saturated rings. The second kappa shape index (κ2) is 63.5. The lowest BCUT2D eigenvalue weighted by atomic mass is 9.99. The number of aliphatic hydroxyl groups is 1. The van der Waals surface area contributed by atoms with Crippen LogP contribution in [-0.4, -0.2) is 96.7 Å². The Morgan fingerprint density at radius 2 is 0.516 bits per heavy atom. The summed E-state index contributed by atoms with van der Waals surface area (Å²) >= 11 is 0. The second-order valence-corrected chi connectivity index (χ2v) is 31.3. The van der Waals surface area contributed by atoms with Gasteiger partial charge in [-0.2, -0.15) is 0 Å². The Balaban J connectivity index is 5.28. The SMILES string of the molecule is CCC(C)CCCCCCCCCCCCC(=O)OC[C@H](COP(=O)(O)OC[C@@H](O)COP(=O)(O)OC[C@@H](COC(=O)CCCCCCCCCCCC(C)C)OC(=O)CCCCCCCCCCCC(C)C)OC(=O)CCCCCCCCCCCCCCC(C)C. The average molecular weight is 1370 g/mol. The van der Waals surface area contributed by atoms with Gasteiger partial charge in [0.15, 0.2) is 12.2 Å². The summed E-state index contributed by atoms with van der Waals surface area (Å²) < 4.78 is 68.5. The molecule has 3 unspecified atom stereocenters. The van der Waals surface area contributed by atoms with Crippen molar-refractivity contribution in [3.05, 3.63) is 0 Å². The van der Waals surface area contributed by atoms with E-state index in [1.165, 1.54) is 173 Å². The molecule has 93 heavy (non-hydrogen) atoms. The van der Waals surface area contributed by atoms with Crippen molar-refractivity contribution in [3.8, 4) is 0 Å². The van der Waals surface area contributed by atoms with Crippen LogP contribution in [-0.2, 0) is 65.4 Å². The first-order chi connectivity index (χ1) is 44.6. The van der Waals surface area contributed by atoms with Crippen LogP contribution in [0.4, 0.5) is 0 Å².